The van der Waals surface area contributed by atoms with Gasteiger partial charge in [0.2, 0.25) is 10.0 Å². The van der Waals surface area contributed by atoms with E-state index < -0.39 is 10.0 Å². The molecule has 2 N–H and O–H groups in total. The standard InChI is InChI=1S/C14H32N2O2S/c1-4-7-11-14(10-5-2)16-19(17,18)13-9-8-12-15-6-3/h14-16H,4-13H2,1-3H3. The number of hydrogen-bond acceptors (Lipinski definition) is 3. The highest BCUT2D eigenvalue weighted by atomic mass is 32.2. The van der Waals surface area contributed by atoms with Gasteiger partial charge in [0.05, 0.1) is 5.75 Å². The number of hydrogen-bond donors (Lipinski definition) is 2. The minimum atomic E-state index is -3.10. The van der Waals surface area contributed by atoms with Gasteiger partial charge >= 0.3 is 0 Å². The lowest BCUT2D eigenvalue weighted by Crippen LogP contribution is -2.36. The van der Waals surface area contributed by atoms with E-state index in [0.29, 0.717) is 0 Å². The largest absolute Gasteiger partial charge is 0.317 e. The highest BCUT2D eigenvalue weighted by Crippen LogP contribution is 2.09. The van der Waals surface area contributed by atoms with Gasteiger partial charge in [-0.3, -0.25) is 0 Å². The Morgan fingerprint density at radius 3 is 2.26 bits per heavy atom. The molecule has 0 aromatic heterocycles. The molecular weight excluding hydrogens is 260 g/mol. The van der Waals surface area contributed by atoms with Crippen molar-refractivity contribution in [1.29, 1.82) is 0 Å². The van der Waals surface area contributed by atoms with Crippen LogP contribution >= 0.6 is 0 Å². The second kappa shape index (κ2) is 11.7. The minimum absolute atomic E-state index is 0.128. The zero-order valence-electron chi connectivity index (χ0n) is 12.9. The van der Waals surface area contributed by atoms with Crippen molar-refractivity contribution in [2.75, 3.05) is 18.8 Å². The molecule has 1 atom stereocenters. The van der Waals surface area contributed by atoms with E-state index in [1.165, 1.54) is 0 Å². The molecule has 0 aliphatic carbocycles. The molecule has 5 heteroatoms. The molecule has 0 aliphatic heterocycles. The van der Waals surface area contributed by atoms with Crippen LogP contribution in [0.2, 0.25) is 0 Å². The summed E-state index contributed by atoms with van der Waals surface area (Å²) in [5.74, 6) is 0.255. The van der Waals surface area contributed by atoms with Crippen LogP contribution in [0.15, 0.2) is 0 Å². The third-order valence-electron chi connectivity index (χ3n) is 3.16. The molecule has 19 heavy (non-hydrogen) atoms. The zero-order valence-corrected chi connectivity index (χ0v) is 13.7. The van der Waals surface area contributed by atoms with Crippen molar-refractivity contribution >= 4 is 10.0 Å². The molecule has 116 valence electrons. The van der Waals surface area contributed by atoms with Gasteiger partial charge in [0, 0.05) is 6.04 Å². The van der Waals surface area contributed by atoms with Gasteiger partial charge in [0.25, 0.3) is 0 Å². The normalized spacial score (nSPS) is 13.6. The highest BCUT2D eigenvalue weighted by Gasteiger charge is 2.16. The third kappa shape index (κ3) is 11.4. The fraction of sp³-hybridized carbons (Fsp3) is 1.00. The molecule has 0 amide bonds. The number of nitrogens with one attached hydrogen (secondary N) is 2. The molecule has 0 saturated heterocycles. The molecule has 0 spiro atoms. The van der Waals surface area contributed by atoms with Gasteiger partial charge in [-0.05, 0) is 38.8 Å². The zero-order chi connectivity index (χ0) is 14.6. The maximum absolute atomic E-state index is 12.0. The van der Waals surface area contributed by atoms with Crippen LogP contribution in [0.3, 0.4) is 0 Å². The van der Waals surface area contributed by atoms with E-state index in [1.807, 2.05) is 0 Å². The first-order valence-electron chi connectivity index (χ1n) is 7.76. The molecule has 0 saturated carbocycles. The SMILES string of the molecule is CCCCC(CCC)NS(=O)(=O)CCCCNCC. The van der Waals surface area contributed by atoms with Crippen molar-refractivity contribution in [3.8, 4) is 0 Å². The Balaban J connectivity index is 4.00. The summed E-state index contributed by atoms with van der Waals surface area (Å²) in [6.07, 6.45) is 6.78. The molecule has 0 radical (unpaired) electrons. The number of rotatable bonds is 13. The summed E-state index contributed by atoms with van der Waals surface area (Å²) in [7, 11) is -3.10. The monoisotopic (exact) mass is 292 g/mol. The van der Waals surface area contributed by atoms with Gasteiger partial charge < -0.3 is 5.32 Å². The summed E-state index contributed by atoms with van der Waals surface area (Å²) in [6.45, 7) is 8.14. The molecule has 0 aromatic rings. The van der Waals surface area contributed by atoms with E-state index >= 15 is 0 Å². The summed E-state index contributed by atoms with van der Waals surface area (Å²) < 4.78 is 26.8. The predicted octanol–water partition coefficient (Wildman–Crippen LogP) is 2.65. The van der Waals surface area contributed by atoms with E-state index in [4.69, 9.17) is 0 Å². The van der Waals surface area contributed by atoms with Crippen LogP contribution < -0.4 is 10.0 Å². The van der Waals surface area contributed by atoms with E-state index in [-0.39, 0.29) is 11.8 Å². The van der Waals surface area contributed by atoms with Crippen molar-refractivity contribution in [2.45, 2.75) is 71.8 Å². The molecule has 1 unspecified atom stereocenters. The molecule has 0 bridgehead atoms. The first-order chi connectivity index (χ1) is 9.05. The molecule has 0 heterocycles. The Kier molecular flexibility index (Phi) is 11.6. The fourth-order valence-corrected chi connectivity index (χ4v) is 3.54. The maximum Gasteiger partial charge on any atom is 0.211 e. The van der Waals surface area contributed by atoms with Gasteiger partial charge in [0.15, 0.2) is 0 Å². The third-order valence-corrected chi connectivity index (χ3v) is 4.67. The lowest BCUT2D eigenvalue weighted by molar-refractivity contribution is 0.482. The van der Waals surface area contributed by atoms with Crippen LogP contribution in [-0.2, 0) is 10.0 Å². The summed E-state index contributed by atoms with van der Waals surface area (Å²) in [5.41, 5.74) is 0. The Morgan fingerprint density at radius 1 is 0.947 bits per heavy atom. The van der Waals surface area contributed by atoms with Gasteiger partial charge in [-0.15, -0.1) is 0 Å². The average molecular weight is 292 g/mol. The van der Waals surface area contributed by atoms with Gasteiger partial charge in [-0.2, -0.15) is 0 Å². The summed E-state index contributed by atoms with van der Waals surface area (Å²) in [5, 5.41) is 3.21. The Labute approximate surface area is 119 Å². The molecule has 0 rings (SSSR count). The maximum atomic E-state index is 12.0. The lowest BCUT2D eigenvalue weighted by atomic mass is 10.1. The van der Waals surface area contributed by atoms with E-state index in [0.717, 1.165) is 58.0 Å². The molecule has 0 aliphatic rings. The van der Waals surface area contributed by atoms with E-state index in [2.05, 4.69) is 30.8 Å². The molecular formula is C14H32N2O2S. The lowest BCUT2D eigenvalue weighted by Gasteiger charge is -2.17. The van der Waals surface area contributed by atoms with Gasteiger partial charge in [-0.1, -0.05) is 40.0 Å². The van der Waals surface area contributed by atoms with Crippen LogP contribution in [0.25, 0.3) is 0 Å². The van der Waals surface area contributed by atoms with Crippen molar-refractivity contribution in [2.24, 2.45) is 0 Å². The van der Waals surface area contributed by atoms with Gasteiger partial charge in [0.1, 0.15) is 0 Å². The first-order valence-corrected chi connectivity index (χ1v) is 9.41. The smallest absolute Gasteiger partial charge is 0.211 e. The average Bonchev–Trinajstić information content (AvgIpc) is 2.35. The van der Waals surface area contributed by atoms with Crippen molar-refractivity contribution < 1.29 is 8.42 Å². The molecule has 0 fully saturated rings. The van der Waals surface area contributed by atoms with Crippen molar-refractivity contribution in [3.63, 3.8) is 0 Å². The van der Waals surface area contributed by atoms with Crippen LogP contribution in [0.4, 0.5) is 0 Å². The van der Waals surface area contributed by atoms with Gasteiger partial charge in [-0.25, -0.2) is 13.1 Å². The second-order valence-electron chi connectivity index (χ2n) is 5.13. The summed E-state index contributed by atoms with van der Waals surface area (Å²) in [4.78, 5) is 0. The van der Waals surface area contributed by atoms with Crippen LogP contribution in [-0.4, -0.2) is 33.3 Å². The van der Waals surface area contributed by atoms with Crippen molar-refractivity contribution in [3.05, 3.63) is 0 Å². The minimum Gasteiger partial charge on any atom is -0.317 e. The van der Waals surface area contributed by atoms with E-state index in [9.17, 15) is 8.42 Å². The van der Waals surface area contributed by atoms with E-state index in [1.54, 1.807) is 0 Å². The molecule has 4 nitrogen and oxygen atoms in total. The second-order valence-corrected chi connectivity index (χ2v) is 7.00. The summed E-state index contributed by atoms with van der Waals surface area (Å²) >= 11 is 0. The Morgan fingerprint density at radius 2 is 1.68 bits per heavy atom. The first kappa shape index (κ1) is 18.9. The predicted molar refractivity (Wildman–Crippen MR) is 82.9 cm³/mol. The van der Waals surface area contributed by atoms with Crippen LogP contribution in [0, 0.1) is 0 Å². The fourth-order valence-electron chi connectivity index (χ4n) is 2.09. The highest BCUT2D eigenvalue weighted by molar-refractivity contribution is 7.89. The van der Waals surface area contributed by atoms with Crippen LogP contribution in [0.1, 0.15) is 65.7 Å². The summed E-state index contributed by atoms with van der Waals surface area (Å²) in [6, 6.07) is 0.128. The number of sulfonamides is 1. The Hall–Kier alpha value is -0.130. The molecule has 0 aromatic carbocycles. The topological polar surface area (TPSA) is 58.2 Å². The van der Waals surface area contributed by atoms with Crippen molar-refractivity contribution in [1.82, 2.24) is 10.0 Å². The Bertz CT molecular complexity index is 292. The quantitative estimate of drug-likeness (QED) is 0.513. The number of unbranched alkanes of at least 4 members (excludes halogenated alkanes) is 2. The van der Waals surface area contributed by atoms with Crippen LogP contribution in [0.5, 0.6) is 0 Å².